The van der Waals surface area contributed by atoms with Crippen molar-refractivity contribution < 1.29 is 23.4 Å². The van der Waals surface area contributed by atoms with E-state index in [9.17, 15) is 13.9 Å². The summed E-state index contributed by atoms with van der Waals surface area (Å²) in [7, 11) is 1.51. The maximum absolute atomic E-state index is 13.5. The molecule has 0 unspecified atom stereocenters. The van der Waals surface area contributed by atoms with Crippen molar-refractivity contribution in [3.63, 3.8) is 0 Å². The quantitative estimate of drug-likeness (QED) is 0.915. The lowest BCUT2D eigenvalue weighted by molar-refractivity contribution is 0.254. The van der Waals surface area contributed by atoms with Gasteiger partial charge in [0, 0.05) is 5.56 Å². The topological polar surface area (TPSA) is 38.7 Å². The summed E-state index contributed by atoms with van der Waals surface area (Å²) in [5.74, 6) is -0.400. The predicted octanol–water partition coefficient (Wildman–Crippen LogP) is 3.04. The van der Waals surface area contributed by atoms with Crippen molar-refractivity contribution in [2.24, 2.45) is 0 Å². The van der Waals surface area contributed by atoms with Crippen molar-refractivity contribution in [3.05, 3.63) is 59.2 Å². The Morgan fingerprint density at radius 3 is 2.40 bits per heavy atom. The highest BCUT2D eigenvalue weighted by molar-refractivity contribution is 5.40. The number of hydrogen-bond acceptors (Lipinski definition) is 3. The first-order valence-corrected chi connectivity index (χ1v) is 5.99. The predicted molar refractivity (Wildman–Crippen MR) is 69.6 cm³/mol. The molecule has 3 nitrogen and oxygen atoms in total. The van der Waals surface area contributed by atoms with Crippen LogP contribution in [0.25, 0.3) is 0 Å². The molecule has 0 saturated carbocycles. The largest absolute Gasteiger partial charge is 0.497 e. The molecule has 0 amide bonds. The van der Waals surface area contributed by atoms with E-state index in [2.05, 4.69) is 0 Å². The van der Waals surface area contributed by atoms with Crippen molar-refractivity contribution in [3.8, 4) is 11.5 Å². The number of benzene rings is 2. The van der Waals surface area contributed by atoms with Crippen LogP contribution in [0.5, 0.6) is 11.5 Å². The van der Waals surface area contributed by atoms with Crippen LogP contribution in [0, 0.1) is 11.6 Å². The lowest BCUT2D eigenvalue weighted by Gasteiger charge is -2.12. The second-order valence-corrected chi connectivity index (χ2v) is 4.12. The molecule has 2 rings (SSSR count). The Labute approximate surface area is 115 Å². The summed E-state index contributed by atoms with van der Waals surface area (Å²) < 4.78 is 37.3. The molecule has 0 saturated heterocycles. The number of aliphatic hydroxyl groups excluding tert-OH is 1. The highest BCUT2D eigenvalue weighted by Gasteiger charge is 2.11. The van der Waals surface area contributed by atoms with E-state index < -0.39 is 11.6 Å². The molecule has 0 aromatic heterocycles. The molecule has 2 aromatic carbocycles. The molecule has 0 radical (unpaired) electrons. The van der Waals surface area contributed by atoms with Gasteiger partial charge < -0.3 is 14.6 Å². The first-order chi connectivity index (χ1) is 9.65. The molecule has 0 bridgehead atoms. The molecule has 1 N–H and O–H groups in total. The monoisotopic (exact) mass is 280 g/mol. The first kappa shape index (κ1) is 14.3. The second-order valence-electron chi connectivity index (χ2n) is 4.12. The maximum atomic E-state index is 13.5. The van der Waals surface area contributed by atoms with Gasteiger partial charge in [-0.05, 0) is 30.3 Å². The normalized spacial score (nSPS) is 10.4. The van der Waals surface area contributed by atoms with Crippen molar-refractivity contribution in [1.29, 1.82) is 0 Å². The van der Waals surface area contributed by atoms with E-state index >= 15 is 0 Å². The number of methoxy groups -OCH3 is 1. The number of hydrogen-bond donors (Lipinski definition) is 1. The van der Waals surface area contributed by atoms with Crippen LogP contribution in [-0.4, -0.2) is 12.2 Å². The molecule has 0 aliphatic rings. The van der Waals surface area contributed by atoms with Crippen LogP contribution in [0.1, 0.15) is 11.1 Å². The van der Waals surface area contributed by atoms with E-state index in [-0.39, 0.29) is 18.8 Å². The second kappa shape index (κ2) is 6.34. The van der Waals surface area contributed by atoms with Crippen LogP contribution in [0.2, 0.25) is 0 Å². The van der Waals surface area contributed by atoms with Gasteiger partial charge in [-0.15, -0.1) is 0 Å². The van der Waals surface area contributed by atoms with Crippen LogP contribution in [-0.2, 0) is 13.2 Å². The van der Waals surface area contributed by atoms with Crippen LogP contribution in [0.4, 0.5) is 8.78 Å². The third kappa shape index (κ3) is 3.05. The van der Waals surface area contributed by atoms with Gasteiger partial charge >= 0.3 is 0 Å². The van der Waals surface area contributed by atoms with Gasteiger partial charge in [-0.1, -0.05) is 6.07 Å². The Morgan fingerprint density at radius 1 is 1.10 bits per heavy atom. The highest BCUT2D eigenvalue weighted by Crippen LogP contribution is 2.25. The van der Waals surface area contributed by atoms with Gasteiger partial charge in [0.05, 0.1) is 19.3 Å². The van der Waals surface area contributed by atoms with Gasteiger partial charge in [0.1, 0.15) is 29.7 Å². The first-order valence-electron chi connectivity index (χ1n) is 5.99. The van der Waals surface area contributed by atoms with E-state index in [4.69, 9.17) is 9.47 Å². The van der Waals surface area contributed by atoms with E-state index in [1.54, 1.807) is 18.2 Å². The third-order valence-electron chi connectivity index (χ3n) is 2.87. The highest BCUT2D eigenvalue weighted by atomic mass is 19.1. The van der Waals surface area contributed by atoms with E-state index in [0.717, 1.165) is 0 Å². The smallest absolute Gasteiger partial charge is 0.132 e. The van der Waals surface area contributed by atoms with E-state index in [1.165, 1.54) is 25.3 Å². The molecule has 0 aliphatic carbocycles. The van der Waals surface area contributed by atoms with Crippen LogP contribution >= 0.6 is 0 Å². The Bertz CT molecular complexity index is 579. The van der Waals surface area contributed by atoms with Gasteiger partial charge in [-0.2, -0.15) is 0 Å². The van der Waals surface area contributed by atoms with Crippen LogP contribution in [0.15, 0.2) is 36.4 Å². The zero-order valence-electron chi connectivity index (χ0n) is 10.9. The Morgan fingerprint density at radius 2 is 1.80 bits per heavy atom. The Hall–Kier alpha value is -2.14. The number of rotatable bonds is 5. The minimum absolute atomic E-state index is 0.146. The molecule has 5 heteroatoms. The van der Waals surface area contributed by atoms with Gasteiger partial charge in [-0.3, -0.25) is 0 Å². The van der Waals surface area contributed by atoms with Crippen molar-refractivity contribution in [2.45, 2.75) is 13.2 Å². The minimum atomic E-state index is -0.663. The van der Waals surface area contributed by atoms with Crippen LogP contribution in [0.3, 0.4) is 0 Å². The summed E-state index contributed by atoms with van der Waals surface area (Å²) in [5.41, 5.74) is 0.341. The molecule has 0 heterocycles. The SMILES string of the molecule is COc1ccc(OCc2c(F)cccc2F)c(CO)c1. The van der Waals surface area contributed by atoms with E-state index in [0.29, 0.717) is 17.1 Å². The average Bonchev–Trinajstić information content (AvgIpc) is 2.46. The average molecular weight is 280 g/mol. The molecular formula is C15H14F2O3. The zero-order chi connectivity index (χ0) is 14.5. The minimum Gasteiger partial charge on any atom is -0.497 e. The standard InChI is InChI=1S/C15H14F2O3/c1-19-11-5-6-15(10(7-11)8-18)20-9-12-13(16)3-2-4-14(12)17/h2-7,18H,8-9H2,1H3. The summed E-state index contributed by atoms with van der Waals surface area (Å²) in [6.45, 7) is -0.510. The summed E-state index contributed by atoms with van der Waals surface area (Å²) in [5, 5.41) is 9.26. The molecule has 2 aromatic rings. The molecule has 106 valence electrons. The van der Waals surface area contributed by atoms with Gasteiger partial charge in [0.25, 0.3) is 0 Å². The third-order valence-corrected chi connectivity index (χ3v) is 2.87. The van der Waals surface area contributed by atoms with E-state index in [1.807, 2.05) is 0 Å². The van der Waals surface area contributed by atoms with Crippen molar-refractivity contribution in [1.82, 2.24) is 0 Å². The Balaban J connectivity index is 2.19. The molecular weight excluding hydrogens is 266 g/mol. The van der Waals surface area contributed by atoms with Gasteiger partial charge in [-0.25, -0.2) is 8.78 Å². The summed E-state index contributed by atoms with van der Waals surface area (Å²) in [6, 6.07) is 8.47. The van der Waals surface area contributed by atoms with Gasteiger partial charge in [0.2, 0.25) is 0 Å². The fourth-order valence-corrected chi connectivity index (χ4v) is 1.77. The Kier molecular flexibility index (Phi) is 4.53. The number of ether oxygens (including phenoxy) is 2. The molecule has 0 aliphatic heterocycles. The molecule has 0 fully saturated rings. The molecule has 0 atom stereocenters. The fraction of sp³-hybridized carbons (Fsp3) is 0.200. The lowest BCUT2D eigenvalue weighted by atomic mass is 10.2. The summed E-state index contributed by atoms with van der Waals surface area (Å²) >= 11 is 0. The number of halogens is 2. The maximum Gasteiger partial charge on any atom is 0.132 e. The van der Waals surface area contributed by atoms with Gasteiger partial charge in [0.15, 0.2) is 0 Å². The summed E-state index contributed by atoms with van der Waals surface area (Å²) in [4.78, 5) is 0. The molecule has 0 spiro atoms. The number of aliphatic hydroxyl groups is 1. The van der Waals surface area contributed by atoms with Crippen LogP contribution < -0.4 is 9.47 Å². The lowest BCUT2D eigenvalue weighted by Crippen LogP contribution is -2.03. The molecule has 20 heavy (non-hydrogen) atoms. The summed E-state index contributed by atoms with van der Waals surface area (Å²) in [6.07, 6.45) is 0. The fourth-order valence-electron chi connectivity index (χ4n) is 1.77. The van der Waals surface area contributed by atoms with Crippen molar-refractivity contribution >= 4 is 0 Å². The zero-order valence-corrected chi connectivity index (χ0v) is 10.9. The van der Waals surface area contributed by atoms with Crippen molar-refractivity contribution in [2.75, 3.05) is 7.11 Å².